The van der Waals surface area contributed by atoms with Crippen LogP contribution in [-0.2, 0) is 6.54 Å². The van der Waals surface area contributed by atoms with Crippen molar-refractivity contribution in [3.8, 4) is 5.69 Å². The molecule has 1 amide bonds. The predicted molar refractivity (Wildman–Crippen MR) is 81.2 cm³/mol. The molecular weight excluding hydrogens is 262 g/mol. The van der Waals surface area contributed by atoms with Crippen LogP contribution in [0.15, 0.2) is 73.3 Å². The Labute approximate surface area is 123 Å². The number of hydrogen-bond acceptors (Lipinski definition) is 2. The lowest BCUT2D eigenvalue weighted by Gasteiger charge is -2.11. The highest BCUT2D eigenvalue weighted by atomic mass is 16.1. The first kappa shape index (κ1) is 13.1. The minimum absolute atomic E-state index is 0.0731. The Bertz CT molecular complexity index is 721. The maximum atomic E-state index is 12.1. The van der Waals surface area contributed by atoms with Crippen LogP contribution in [0.1, 0.15) is 15.9 Å². The first-order valence-electron chi connectivity index (χ1n) is 6.74. The molecule has 0 saturated heterocycles. The zero-order valence-electron chi connectivity index (χ0n) is 11.4. The number of carbonyl (C=O) groups excluding carboxylic acids is 1. The van der Waals surface area contributed by atoms with E-state index < -0.39 is 0 Å². The number of benzene rings is 2. The molecule has 0 unspecified atom stereocenters. The van der Waals surface area contributed by atoms with Gasteiger partial charge < -0.3 is 9.88 Å². The zero-order chi connectivity index (χ0) is 14.5. The summed E-state index contributed by atoms with van der Waals surface area (Å²) in [5.74, 6) is -0.0731. The van der Waals surface area contributed by atoms with Gasteiger partial charge >= 0.3 is 0 Å². The Kier molecular flexibility index (Phi) is 3.78. The van der Waals surface area contributed by atoms with E-state index in [4.69, 9.17) is 0 Å². The highest BCUT2D eigenvalue weighted by molar-refractivity contribution is 5.94. The van der Waals surface area contributed by atoms with E-state index in [0.717, 1.165) is 11.3 Å². The topological polar surface area (TPSA) is 46.9 Å². The highest BCUT2D eigenvalue weighted by Gasteiger charge is 2.07. The van der Waals surface area contributed by atoms with Crippen LogP contribution in [0.3, 0.4) is 0 Å². The Morgan fingerprint density at radius 3 is 2.57 bits per heavy atom. The van der Waals surface area contributed by atoms with Crippen LogP contribution in [0.25, 0.3) is 5.69 Å². The second-order valence-corrected chi connectivity index (χ2v) is 4.65. The van der Waals surface area contributed by atoms with Crippen molar-refractivity contribution in [2.75, 3.05) is 0 Å². The van der Waals surface area contributed by atoms with Gasteiger partial charge in [-0.2, -0.15) is 0 Å². The van der Waals surface area contributed by atoms with Gasteiger partial charge in [0.15, 0.2) is 0 Å². The van der Waals surface area contributed by atoms with Crippen LogP contribution in [0.2, 0.25) is 0 Å². The van der Waals surface area contributed by atoms with Crippen LogP contribution in [0.5, 0.6) is 0 Å². The first-order chi connectivity index (χ1) is 10.3. The number of imidazole rings is 1. The van der Waals surface area contributed by atoms with E-state index in [9.17, 15) is 4.79 Å². The zero-order valence-corrected chi connectivity index (χ0v) is 11.4. The first-order valence-corrected chi connectivity index (χ1v) is 6.74. The normalized spacial score (nSPS) is 10.3. The molecule has 3 aromatic rings. The lowest BCUT2D eigenvalue weighted by molar-refractivity contribution is 0.0951. The number of para-hydroxylation sites is 1. The van der Waals surface area contributed by atoms with Crippen LogP contribution in [0, 0.1) is 0 Å². The molecule has 104 valence electrons. The molecule has 21 heavy (non-hydrogen) atoms. The van der Waals surface area contributed by atoms with Crippen molar-refractivity contribution in [3.05, 3.63) is 84.4 Å². The Hall–Kier alpha value is -2.88. The van der Waals surface area contributed by atoms with Crippen molar-refractivity contribution < 1.29 is 4.79 Å². The number of nitrogens with zero attached hydrogens (tertiary/aromatic N) is 2. The molecule has 0 spiro atoms. The average molecular weight is 277 g/mol. The molecule has 0 aliphatic heterocycles. The number of amides is 1. The molecule has 0 radical (unpaired) electrons. The van der Waals surface area contributed by atoms with Crippen molar-refractivity contribution in [3.63, 3.8) is 0 Å². The summed E-state index contributed by atoms with van der Waals surface area (Å²) in [7, 11) is 0. The highest BCUT2D eigenvalue weighted by Crippen LogP contribution is 2.14. The van der Waals surface area contributed by atoms with Crippen molar-refractivity contribution in [2.24, 2.45) is 0 Å². The summed E-state index contributed by atoms with van der Waals surface area (Å²) in [6.07, 6.45) is 5.37. The largest absolute Gasteiger partial charge is 0.348 e. The van der Waals surface area contributed by atoms with E-state index in [1.165, 1.54) is 0 Å². The molecule has 4 heteroatoms. The van der Waals surface area contributed by atoms with Crippen molar-refractivity contribution in [2.45, 2.75) is 6.54 Å². The van der Waals surface area contributed by atoms with Crippen LogP contribution in [0.4, 0.5) is 0 Å². The van der Waals surface area contributed by atoms with Crippen LogP contribution in [-0.4, -0.2) is 15.5 Å². The summed E-state index contributed by atoms with van der Waals surface area (Å²) in [5.41, 5.74) is 2.72. The molecule has 4 nitrogen and oxygen atoms in total. The summed E-state index contributed by atoms with van der Waals surface area (Å²) in [4.78, 5) is 16.1. The molecule has 0 aliphatic rings. The third kappa shape index (κ3) is 3.00. The molecule has 1 N–H and O–H groups in total. The Morgan fingerprint density at radius 1 is 1.05 bits per heavy atom. The smallest absolute Gasteiger partial charge is 0.251 e. The minimum Gasteiger partial charge on any atom is -0.348 e. The number of carbonyl (C=O) groups is 1. The van der Waals surface area contributed by atoms with Gasteiger partial charge in [0, 0.05) is 24.5 Å². The van der Waals surface area contributed by atoms with E-state index in [0.29, 0.717) is 12.1 Å². The third-order valence-electron chi connectivity index (χ3n) is 3.25. The molecular formula is C17H15N3O. The second-order valence-electron chi connectivity index (χ2n) is 4.65. The van der Waals surface area contributed by atoms with Crippen LogP contribution < -0.4 is 5.32 Å². The van der Waals surface area contributed by atoms with E-state index >= 15 is 0 Å². The quantitative estimate of drug-likeness (QED) is 0.797. The van der Waals surface area contributed by atoms with Crippen LogP contribution >= 0.6 is 0 Å². The van der Waals surface area contributed by atoms with Crippen molar-refractivity contribution in [1.82, 2.24) is 14.9 Å². The molecule has 0 fully saturated rings. The fraction of sp³-hybridized carbons (Fsp3) is 0.0588. The van der Waals surface area contributed by atoms with Gasteiger partial charge in [0.25, 0.3) is 5.91 Å². The maximum Gasteiger partial charge on any atom is 0.251 e. The fourth-order valence-electron chi connectivity index (χ4n) is 2.18. The molecule has 2 aromatic carbocycles. The van der Waals surface area contributed by atoms with E-state index in [1.54, 1.807) is 24.7 Å². The SMILES string of the molecule is O=C(NCc1ccccc1-n1ccnc1)c1ccccc1. The van der Waals surface area contributed by atoms with E-state index in [2.05, 4.69) is 10.3 Å². The number of nitrogens with one attached hydrogen (secondary N) is 1. The van der Waals surface area contributed by atoms with Crippen molar-refractivity contribution >= 4 is 5.91 Å². The molecule has 0 aliphatic carbocycles. The summed E-state index contributed by atoms with van der Waals surface area (Å²) in [6, 6.07) is 17.1. The predicted octanol–water partition coefficient (Wildman–Crippen LogP) is 2.80. The van der Waals surface area contributed by atoms with Gasteiger partial charge in [-0.3, -0.25) is 4.79 Å². The molecule has 0 saturated carbocycles. The van der Waals surface area contributed by atoms with Gasteiger partial charge in [0.05, 0.1) is 12.0 Å². The summed E-state index contributed by atoms with van der Waals surface area (Å²) < 4.78 is 1.93. The van der Waals surface area contributed by atoms with Gasteiger partial charge in [-0.15, -0.1) is 0 Å². The van der Waals surface area contributed by atoms with Gasteiger partial charge in [0.1, 0.15) is 0 Å². The van der Waals surface area contributed by atoms with E-state index in [1.807, 2.05) is 53.2 Å². The molecule has 0 bridgehead atoms. The standard InChI is InChI=1S/C17H15N3O/c21-17(14-6-2-1-3-7-14)19-12-15-8-4-5-9-16(15)20-11-10-18-13-20/h1-11,13H,12H2,(H,19,21). The average Bonchev–Trinajstić information content (AvgIpc) is 3.08. The lowest BCUT2D eigenvalue weighted by atomic mass is 10.1. The lowest BCUT2D eigenvalue weighted by Crippen LogP contribution is -2.23. The summed E-state index contributed by atoms with van der Waals surface area (Å²) in [5, 5.41) is 2.94. The third-order valence-corrected chi connectivity index (χ3v) is 3.25. The molecule has 0 atom stereocenters. The monoisotopic (exact) mass is 277 g/mol. The van der Waals surface area contributed by atoms with Crippen molar-refractivity contribution in [1.29, 1.82) is 0 Å². The molecule has 1 heterocycles. The minimum atomic E-state index is -0.0731. The Morgan fingerprint density at radius 2 is 1.81 bits per heavy atom. The second kappa shape index (κ2) is 6.05. The van der Waals surface area contributed by atoms with Gasteiger partial charge in [0.2, 0.25) is 0 Å². The summed E-state index contributed by atoms with van der Waals surface area (Å²) >= 11 is 0. The maximum absolute atomic E-state index is 12.1. The Balaban J connectivity index is 1.76. The van der Waals surface area contributed by atoms with Gasteiger partial charge in [-0.1, -0.05) is 36.4 Å². The molecule has 3 rings (SSSR count). The van der Waals surface area contributed by atoms with E-state index in [-0.39, 0.29) is 5.91 Å². The number of hydrogen-bond donors (Lipinski definition) is 1. The fourth-order valence-corrected chi connectivity index (χ4v) is 2.18. The molecule has 1 aromatic heterocycles. The summed E-state index contributed by atoms with van der Waals surface area (Å²) in [6.45, 7) is 0.474. The van der Waals surface area contributed by atoms with Gasteiger partial charge in [-0.05, 0) is 23.8 Å². The van der Waals surface area contributed by atoms with Gasteiger partial charge in [-0.25, -0.2) is 4.98 Å². The number of rotatable bonds is 4. The number of aromatic nitrogens is 2.